The number of benzene rings is 2. The summed E-state index contributed by atoms with van der Waals surface area (Å²) in [5, 5.41) is 16.6. The van der Waals surface area contributed by atoms with E-state index in [0.29, 0.717) is 5.96 Å². The van der Waals surface area contributed by atoms with E-state index in [0.717, 1.165) is 50.8 Å². The van der Waals surface area contributed by atoms with Gasteiger partial charge in [-0.2, -0.15) is 0 Å². The number of phenols is 1. The van der Waals surface area contributed by atoms with E-state index in [1.165, 1.54) is 16.0 Å². The third-order valence-corrected chi connectivity index (χ3v) is 12.3. The SMILES string of the molecule is CC#Cc1ccc(-c2ccc(C(=O)C3CCC4C(NC(N)=NC)C(c5cccc(O)c5)CCC5=c6ccccc6=CC3C54)s2)s1. The van der Waals surface area contributed by atoms with Crippen molar-refractivity contribution in [2.75, 3.05) is 7.05 Å². The first kappa shape index (κ1) is 29.6. The van der Waals surface area contributed by atoms with Crippen molar-refractivity contribution in [2.45, 2.75) is 44.6 Å². The van der Waals surface area contributed by atoms with E-state index >= 15 is 0 Å². The van der Waals surface area contributed by atoms with Crippen molar-refractivity contribution in [3.05, 3.63) is 98.6 Å². The molecule has 7 rings (SSSR count). The molecule has 3 aliphatic rings. The number of thiophene rings is 2. The zero-order valence-electron chi connectivity index (χ0n) is 25.5. The summed E-state index contributed by atoms with van der Waals surface area (Å²) in [6, 6.07) is 24.6. The molecule has 5 nitrogen and oxygen atoms in total. The Labute approximate surface area is 272 Å². The topological polar surface area (TPSA) is 87.7 Å². The highest BCUT2D eigenvalue weighted by atomic mass is 32.1. The maximum absolute atomic E-state index is 14.4. The van der Waals surface area contributed by atoms with Gasteiger partial charge in [0.2, 0.25) is 0 Å². The molecular weight excluding hydrogens is 595 g/mol. The van der Waals surface area contributed by atoms with Crippen LogP contribution in [0.5, 0.6) is 5.75 Å². The second kappa shape index (κ2) is 12.3. The normalized spacial score (nSPS) is 25.6. The first-order chi connectivity index (χ1) is 21.9. The van der Waals surface area contributed by atoms with Gasteiger partial charge in [-0.05, 0) is 103 Å². The molecule has 0 amide bonds. The Balaban J connectivity index is 1.29. The number of aliphatic imine (C=N–C) groups is 1. The second-order valence-electron chi connectivity index (χ2n) is 12.3. The highest BCUT2D eigenvalue weighted by Gasteiger charge is 2.50. The molecule has 4 aromatic rings. The number of phenolic OH excluding ortho intramolecular Hbond substituents is 1. The summed E-state index contributed by atoms with van der Waals surface area (Å²) in [5.41, 5.74) is 8.94. The number of nitrogens with two attached hydrogens (primary N) is 1. The van der Waals surface area contributed by atoms with Gasteiger partial charge in [0.25, 0.3) is 0 Å². The average Bonchev–Trinajstić information content (AvgIpc) is 3.70. The molecule has 228 valence electrons. The molecule has 6 atom stereocenters. The molecule has 2 aromatic carbocycles. The summed E-state index contributed by atoms with van der Waals surface area (Å²) in [6.07, 6.45) is 5.95. The number of aromatic hydroxyl groups is 1. The van der Waals surface area contributed by atoms with Crippen LogP contribution in [0.15, 0.2) is 77.8 Å². The number of carbonyl (C=O) groups excluding carboxylic acids is 1. The lowest BCUT2D eigenvalue weighted by molar-refractivity contribution is 0.0757. The Morgan fingerprint density at radius 1 is 1.00 bits per heavy atom. The van der Waals surface area contributed by atoms with Gasteiger partial charge < -0.3 is 16.2 Å². The van der Waals surface area contributed by atoms with Gasteiger partial charge in [-0.25, -0.2) is 0 Å². The van der Waals surface area contributed by atoms with E-state index < -0.39 is 0 Å². The molecule has 2 saturated carbocycles. The third kappa shape index (κ3) is 5.51. The molecular formula is C38H37N3O2S2. The van der Waals surface area contributed by atoms with Crippen LogP contribution in [-0.2, 0) is 0 Å². The van der Waals surface area contributed by atoms with Crippen LogP contribution >= 0.6 is 22.7 Å². The molecule has 0 aliphatic heterocycles. The number of carbonyl (C=O) groups is 1. The standard InChI is InChI=1S/C38H37N3O2S2/c1-3-7-25-12-17-32(44-25)33-18-19-34(45-33)37(43)29-15-16-30-35-28(26-11-5-4-8-23(26)21-31(29)35)14-13-27(36(30)41-38(39)40-2)22-9-6-10-24(42)20-22/h4-6,8-12,17-21,27,29-31,35-36,42H,13-16H2,1-2H3,(H3,39,40,41). The van der Waals surface area contributed by atoms with Gasteiger partial charge >= 0.3 is 0 Å². The highest BCUT2D eigenvalue weighted by molar-refractivity contribution is 7.23. The third-order valence-electron chi connectivity index (χ3n) is 9.99. The quantitative estimate of drug-likeness (QED) is 0.107. The van der Waals surface area contributed by atoms with Gasteiger partial charge in [-0.3, -0.25) is 9.79 Å². The average molecular weight is 632 g/mol. The monoisotopic (exact) mass is 631 g/mol. The predicted octanol–water partition coefficient (Wildman–Crippen LogP) is 6.12. The van der Waals surface area contributed by atoms with Crippen LogP contribution in [0.1, 0.15) is 58.6 Å². The zero-order valence-corrected chi connectivity index (χ0v) is 27.1. The molecule has 0 spiro atoms. The Morgan fingerprint density at radius 2 is 1.82 bits per heavy atom. The molecule has 2 fully saturated rings. The number of hydrogen-bond donors (Lipinski definition) is 3. The molecule has 2 aromatic heterocycles. The lowest BCUT2D eigenvalue weighted by atomic mass is 9.59. The van der Waals surface area contributed by atoms with Crippen molar-refractivity contribution < 1.29 is 9.90 Å². The van der Waals surface area contributed by atoms with Crippen LogP contribution in [0.4, 0.5) is 0 Å². The van der Waals surface area contributed by atoms with Gasteiger partial charge in [-0.1, -0.05) is 54.0 Å². The minimum atomic E-state index is -0.0962. The summed E-state index contributed by atoms with van der Waals surface area (Å²) in [5.74, 6) is 7.66. The predicted molar refractivity (Wildman–Crippen MR) is 186 cm³/mol. The first-order valence-corrected chi connectivity index (χ1v) is 17.3. The summed E-state index contributed by atoms with van der Waals surface area (Å²) >= 11 is 3.28. The lowest BCUT2D eigenvalue weighted by Crippen LogP contribution is -2.53. The Morgan fingerprint density at radius 3 is 2.64 bits per heavy atom. The summed E-state index contributed by atoms with van der Waals surface area (Å²) in [7, 11) is 1.71. The summed E-state index contributed by atoms with van der Waals surface area (Å²) in [6.45, 7) is 1.85. The molecule has 4 N–H and O–H groups in total. The molecule has 2 heterocycles. The van der Waals surface area contributed by atoms with Gasteiger partial charge in [-0.15, -0.1) is 28.6 Å². The number of nitrogens with one attached hydrogen (secondary N) is 1. The van der Waals surface area contributed by atoms with Gasteiger partial charge in [0, 0.05) is 34.7 Å². The molecule has 3 aliphatic carbocycles. The van der Waals surface area contributed by atoms with Gasteiger partial charge in [0.15, 0.2) is 11.7 Å². The largest absolute Gasteiger partial charge is 0.508 e. The molecule has 0 saturated heterocycles. The smallest absolute Gasteiger partial charge is 0.188 e. The zero-order chi connectivity index (χ0) is 31.1. The van der Waals surface area contributed by atoms with E-state index in [9.17, 15) is 9.90 Å². The van der Waals surface area contributed by atoms with Crippen LogP contribution in [0, 0.1) is 35.5 Å². The fourth-order valence-electron chi connectivity index (χ4n) is 8.13. The van der Waals surface area contributed by atoms with Crippen LogP contribution < -0.4 is 21.5 Å². The van der Waals surface area contributed by atoms with Crippen molar-refractivity contribution in [3.63, 3.8) is 0 Å². The van der Waals surface area contributed by atoms with Crippen LogP contribution in [0.2, 0.25) is 0 Å². The number of fused-ring (bicyclic) bond motifs is 1. The number of ketones is 1. The number of guanidine groups is 1. The number of hydrogen-bond acceptors (Lipinski definition) is 5. The van der Waals surface area contributed by atoms with E-state index in [2.05, 4.69) is 76.8 Å². The lowest BCUT2D eigenvalue weighted by Gasteiger charge is -2.47. The minimum absolute atomic E-state index is 0.0165. The minimum Gasteiger partial charge on any atom is -0.508 e. The first-order valence-electron chi connectivity index (χ1n) is 15.7. The molecule has 0 radical (unpaired) electrons. The second-order valence-corrected chi connectivity index (χ2v) is 14.5. The maximum Gasteiger partial charge on any atom is 0.188 e. The van der Waals surface area contributed by atoms with Crippen LogP contribution in [0.3, 0.4) is 0 Å². The van der Waals surface area contributed by atoms with Crippen LogP contribution in [-0.4, -0.2) is 29.9 Å². The summed E-state index contributed by atoms with van der Waals surface area (Å²) in [4.78, 5) is 22.9. The van der Waals surface area contributed by atoms with Crippen molar-refractivity contribution in [3.8, 4) is 27.3 Å². The number of nitrogens with zero attached hydrogens (tertiary/aromatic N) is 1. The molecule has 0 bridgehead atoms. The number of Topliss-reactive ketones (excluding diaryl/α,β-unsaturated/α-hetero) is 1. The van der Waals surface area contributed by atoms with Gasteiger partial charge in [0.1, 0.15) is 5.75 Å². The molecule has 6 unspecified atom stereocenters. The molecule has 7 heteroatoms. The maximum atomic E-state index is 14.4. The Bertz CT molecular complexity index is 1980. The molecule has 45 heavy (non-hydrogen) atoms. The Hall–Kier alpha value is -4.12. The fraction of sp³-hybridized carbons (Fsp3) is 0.316. The van der Waals surface area contributed by atoms with Crippen molar-refractivity contribution in [1.82, 2.24) is 5.32 Å². The van der Waals surface area contributed by atoms with Crippen LogP contribution in [0.25, 0.3) is 21.4 Å². The van der Waals surface area contributed by atoms with Crippen molar-refractivity contribution >= 4 is 46.1 Å². The Kier molecular flexibility index (Phi) is 8.12. The van der Waals surface area contributed by atoms with Crippen molar-refractivity contribution in [1.29, 1.82) is 0 Å². The van der Waals surface area contributed by atoms with E-state index in [4.69, 9.17) is 5.73 Å². The van der Waals surface area contributed by atoms with Crippen molar-refractivity contribution in [2.24, 2.45) is 34.4 Å². The fourth-order valence-corrected chi connectivity index (χ4v) is 10.1. The van der Waals surface area contributed by atoms with Gasteiger partial charge in [0.05, 0.1) is 9.75 Å². The van der Waals surface area contributed by atoms with E-state index in [-0.39, 0.29) is 47.2 Å². The number of rotatable bonds is 5. The van der Waals surface area contributed by atoms with E-state index in [1.807, 2.05) is 25.1 Å². The van der Waals surface area contributed by atoms with E-state index in [1.54, 1.807) is 35.8 Å². The summed E-state index contributed by atoms with van der Waals surface area (Å²) < 4.78 is 0. The highest BCUT2D eigenvalue weighted by Crippen LogP contribution is 2.53.